The van der Waals surface area contributed by atoms with Gasteiger partial charge in [0.1, 0.15) is 6.10 Å². The number of amides is 1. The number of aliphatic hydroxyl groups is 2. The Morgan fingerprint density at radius 3 is 1.38 bits per heavy atom. The Hall–Kier alpha value is -2.70. The molecule has 0 aliphatic rings. The van der Waals surface area contributed by atoms with Crippen molar-refractivity contribution in [2.45, 2.75) is 238 Å². The minimum atomic E-state index is -0.808. The number of aliphatic hydroxyl groups excluding tert-OH is 2. The van der Waals surface area contributed by atoms with E-state index in [-0.39, 0.29) is 24.9 Å². The molecule has 0 aromatic carbocycles. The molecule has 0 saturated heterocycles. The number of nitrogens with one attached hydrogen (secondary N) is 1. The van der Waals surface area contributed by atoms with Crippen LogP contribution in [-0.2, 0) is 14.3 Å². The molecule has 0 radical (unpaired) electrons. The predicted molar refractivity (Wildman–Crippen MR) is 250 cm³/mol. The summed E-state index contributed by atoms with van der Waals surface area (Å²) in [6, 6.07) is -0.726. The van der Waals surface area contributed by atoms with Crippen LogP contribution >= 0.6 is 0 Å². The summed E-state index contributed by atoms with van der Waals surface area (Å²) in [5, 5.41) is 23.7. The van der Waals surface area contributed by atoms with Crippen LogP contribution in [0.4, 0.5) is 0 Å². The third-order valence-electron chi connectivity index (χ3n) is 10.7. The Balaban J connectivity index is 4.75. The number of ether oxygens (including phenoxy) is 1. The van der Waals surface area contributed by atoms with Crippen molar-refractivity contribution in [1.29, 1.82) is 0 Å². The van der Waals surface area contributed by atoms with E-state index in [1.54, 1.807) is 0 Å². The fraction of sp³-hybridized carbons (Fsp3) is 0.731. The average molecular weight is 810 g/mol. The Bertz CT molecular complexity index is 1090. The van der Waals surface area contributed by atoms with Crippen molar-refractivity contribution in [3.8, 4) is 0 Å². The van der Waals surface area contributed by atoms with Crippen molar-refractivity contribution < 1.29 is 24.5 Å². The number of esters is 1. The Morgan fingerprint density at radius 2 is 0.931 bits per heavy atom. The highest BCUT2D eigenvalue weighted by Gasteiger charge is 2.24. The Kier molecular flexibility index (Phi) is 43.3. The second kappa shape index (κ2) is 45.4. The first kappa shape index (κ1) is 55.3. The maximum absolute atomic E-state index is 13.2. The molecule has 3 N–H and O–H groups in total. The van der Waals surface area contributed by atoms with Gasteiger partial charge in [-0.15, -0.1) is 0 Å². The number of unbranched alkanes of at least 4 members (excludes halogenated alkanes) is 23. The molecule has 0 aliphatic carbocycles. The number of hydrogen-bond donors (Lipinski definition) is 3. The van der Waals surface area contributed by atoms with Gasteiger partial charge in [0.25, 0.3) is 0 Å². The van der Waals surface area contributed by atoms with E-state index < -0.39 is 18.2 Å². The topological polar surface area (TPSA) is 95.9 Å². The van der Waals surface area contributed by atoms with Crippen LogP contribution in [0.2, 0.25) is 0 Å². The van der Waals surface area contributed by atoms with Crippen LogP contribution in [0.1, 0.15) is 220 Å². The lowest BCUT2D eigenvalue weighted by Gasteiger charge is -2.24. The van der Waals surface area contributed by atoms with Crippen LogP contribution < -0.4 is 5.32 Å². The van der Waals surface area contributed by atoms with Crippen LogP contribution in [0.15, 0.2) is 72.9 Å². The molecule has 0 rings (SSSR count). The van der Waals surface area contributed by atoms with E-state index in [1.165, 1.54) is 116 Å². The Labute approximate surface area is 358 Å². The average Bonchev–Trinajstić information content (AvgIpc) is 3.22. The fourth-order valence-corrected chi connectivity index (χ4v) is 7.06. The summed E-state index contributed by atoms with van der Waals surface area (Å²) in [5.41, 5.74) is 0. The highest BCUT2D eigenvalue weighted by molar-refractivity contribution is 5.77. The number of carbonyl (C=O) groups excluding carboxylic acids is 2. The minimum Gasteiger partial charge on any atom is -0.462 e. The zero-order valence-corrected chi connectivity index (χ0v) is 37.9. The van der Waals surface area contributed by atoms with E-state index in [2.05, 4.69) is 38.2 Å². The maximum atomic E-state index is 13.2. The summed E-state index contributed by atoms with van der Waals surface area (Å²) in [6.07, 6.45) is 56.7. The molecule has 3 unspecified atom stereocenters. The molecule has 6 nitrogen and oxygen atoms in total. The van der Waals surface area contributed by atoms with Crippen molar-refractivity contribution in [3.05, 3.63) is 72.9 Å². The normalized spacial score (nSPS) is 13.9. The molecule has 58 heavy (non-hydrogen) atoms. The van der Waals surface area contributed by atoms with Gasteiger partial charge in [-0.2, -0.15) is 0 Å². The number of hydrogen-bond acceptors (Lipinski definition) is 5. The molecule has 0 heterocycles. The maximum Gasteiger partial charge on any atom is 0.306 e. The smallest absolute Gasteiger partial charge is 0.306 e. The molecule has 0 aromatic heterocycles. The van der Waals surface area contributed by atoms with Crippen LogP contribution in [0.5, 0.6) is 0 Å². The fourth-order valence-electron chi connectivity index (χ4n) is 7.06. The lowest BCUT2D eigenvalue weighted by atomic mass is 10.0. The molecule has 3 atom stereocenters. The van der Waals surface area contributed by atoms with E-state index in [4.69, 9.17) is 4.74 Å². The van der Waals surface area contributed by atoms with Gasteiger partial charge in [0.05, 0.1) is 25.2 Å². The minimum absolute atomic E-state index is 0.0258. The van der Waals surface area contributed by atoms with Gasteiger partial charge >= 0.3 is 5.97 Å². The lowest BCUT2D eigenvalue weighted by Crippen LogP contribution is -2.46. The van der Waals surface area contributed by atoms with Gasteiger partial charge in [0.2, 0.25) is 5.91 Å². The molecule has 6 heteroatoms. The van der Waals surface area contributed by atoms with Gasteiger partial charge in [-0.3, -0.25) is 9.59 Å². The van der Waals surface area contributed by atoms with Crippen LogP contribution in [-0.4, -0.2) is 46.9 Å². The highest BCUT2D eigenvalue weighted by Crippen LogP contribution is 2.17. The first-order valence-electron chi connectivity index (χ1n) is 24.2. The first-order valence-corrected chi connectivity index (χ1v) is 24.2. The molecule has 0 bridgehead atoms. The van der Waals surface area contributed by atoms with Crippen LogP contribution in [0.3, 0.4) is 0 Å². The van der Waals surface area contributed by atoms with Crippen LogP contribution in [0.25, 0.3) is 0 Å². The summed E-state index contributed by atoms with van der Waals surface area (Å²) in [5.74, 6) is -0.550. The van der Waals surface area contributed by atoms with E-state index in [9.17, 15) is 19.8 Å². The summed E-state index contributed by atoms with van der Waals surface area (Å²) >= 11 is 0. The molecule has 334 valence electrons. The molecule has 0 fully saturated rings. The zero-order valence-electron chi connectivity index (χ0n) is 37.9. The van der Waals surface area contributed by atoms with Crippen LogP contribution in [0, 0.1) is 0 Å². The number of rotatable bonds is 42. The van der Waals surface area contributed by atoms with E-state index in [0.29, 0.717) is 19.3 Å². The summed E-state index contributed by atoms with van der Waals surface area (Å²) in [6.45, 7) is 6.30. The standard InChI is InChI=1S/C52H91NO5/c1-4-7-10-13-16-19-22-25-26-27-28-31-34-37-40-43-48(58-52(57)45-42-39-36-33-30-24-21-18-15-12-9-6-3)46-51(56)53-49(47-54)50(55)44-41-38-35-32-29-23-20-17-14-11-8-5-2/h7,10,13,16,19,22,25-28,31,34,48-50,54-55H,4-6,8-9,11-12,14-15,17-18,20-21,23-24,29-30,32-33,35-47H2,1-3H3,(H,53,56)/b10-7-,16-13+,22-19+,26-25-,28-27+,34-31+. The SMILES string of the molecule is CC\C=C/C=C/C=C/C=C\C=C\C=C\CCCC(CC(=O)NC(CO)C(O)CCCCCCCCCCCCCC)OC(=O)CCCCCCCCCCCCCC. The molecule has 0 saturated carbocycles. The quantitative estimate of drug-likeness (QED) is 0.0324. The van der Waals surface area contributed by atoms with Gasteiger partial charge in [-0.1, -0.05) is 241 Å². The molecular formula is C52H91NO5. The van der Waals surface area contributed by atoms with Crippen molar-refractivity contribution in [2.75, 3.05) is 6.61 Å². The largest absolute Gasteiger partial charge is 0.462 e. The van der Waals surface area contributed by atoms with Gasteiger partial charge < -0.3 is 20.3 Å². The van der Waals surface area contributed by atoms with E-state index in [0.717, 1.165) is 57.8 Å². The van der Waals surface area contributed by atoms with Gasteiger partial charge in [-0.05, 0) is 38.5 Å². The van der Waals surface area contributed by atoms with Gasteiger partial charge in [0, 0.05) is 6.42 Å². The van der Waals surface area contributed by atoms with Gasteiger partial charge in [0.15, 0.2) is 0 Å². The molecular weight excluding hydrogens is 719 g/mol. The lowest BCUT2D eigenvalue weighted by molar-refractivity contribution is -0.151. The summed E-state index contributed by atoms with van der Waals surface area (Å²) < 4.78 is 5.88. The number of allylic oxidation sites excluding steroid dienone is 12. The number of carbonyl (C=O) groups is 2. The van der Waals surface area contributed by atoms with Crippen molar-refractivity contribution in [1.82, 2.24) is 5.32 Å². The highest BCUT2D eigenvalue weighted by atomic mass is 16.5. The molecule has 0 aromatic rings. The zero-order chi connectivity index (χ0) is 42.4. The van der Waals surface area contributed by atoms with E-state index in [1.807, 2.05) is 60.8 Å². The molecule has 1 amide bonds. The second-order valence-electron chi connectivity index (χ2n) is 16.3. The third-order valence-corrected chi connectivity index (χ3v) is 10.7. The summed E-state index contributed by atoms with van der Waals surface area (Å²) in [4.78, 5) is 26.0. The first-order chi connectivity index (χ1) is 28.5. The molecule has 0 aliphatic heterocycles. The predicted octanol–water partition coefficient (Wildman–Crippen LogP) is 14.2. The second-order valence-corrected chi connectivity index (χ2v) is 16.3. The van der Waals surface area contributed by atoms with E-state index >= 15 is 0 Å². The summed E-state index contributed by atoms with van der Waals surface area (Å²) in [7, 11) is 0. The molecule has 0 spiro atoms. The van der Waals surface area contributed by atoms with Crippen molar-refractivity contribution in [3.63, 3.8) is 0 Å². The van der Waals surface area contributed by atoms with Crippen molar-refractivity contribution in [2.24, 2.45) is 0 Å². The van der Waals surface area contributed by atoms with Crippen molar-refractivity contribution >= 4 is 11.9 Å². The Morgan fingerprint density at radius 1 is 0.517 bits per heavy atom. The third kappa shape index (κ3) is 40.1. The van der Waals surface area contributed by atoms with Gasteiger partial charge in [-0.25, -0.2) is 0 Å². The monoisotopic (exact) mass is 810 g/mol.